The highest BCUT2D eigenvalue weighted by Crippen LogP contribution is 2.42. The van der Waals surface area contributed by atoms with E-state index in [2.05, 4.69) is 5.32 Å². The molecule has 1 aromatic rings. The van der Waals surface area contributed by atoms with Crippen molar-refractivity contribution in [2.45, 2.75) is 190 Å². The van der Waals surface area contributed by atoms with Crippen molar-refractivity contribution < 1.29 is 81.1 Å². The van der Waals surface area contributed by atoms with Crippen molar-refractivity contribution >= 4 is 27.5 Å². The van der Waals surface area contributed by atoms with E-state index in [4.69, 9.17) is 37.9 Å². The lowest BCUT2D eigenvalue weighted by Gasteiger charge is -2.50. The average molecular weight is 1000 g/mol. The molecule has 0 aliphatic carbocycles. The van der Waals surface area contributed by atoms with Gasteiger partial charge in [0.15, 0.2) is 22.4 Å². The molecule has 4 rings (SSSR count). The molecule has 3 aliphatic rings. The Morgan fingerprint density at radius 2 is 1.52 bits per heavy atom. The van der Waals surface area contributed by atoms with Crippen molar-refractivity contribution in [1.29, 1.82) is 0 Å². The summed E-state index contributed by atoms with van der Waals surface area (Å²) in [6.07, 6.45) is -8.98. The number of aliphatic hydroxyl groups excluding tert-OH is 3. The molecule has 20 heteroatoms. The molecule has 0 radical (unpaired) electrons. The Morgan fingerprint density at radius 3 is 2.10 bits per heavy atom. The van der Waals surface area contributed by atoms with Gasteiger partial charge in [0.2, 0.25) is 5.91 Å². The summed E-state index contributed by atoms with van der Waals surface area (Å²) in [6.45, 7) is 17.3. The molecule has 19 nitrogen and oxygen atoms in total. The summed E-state index contributed by atoms with van der Waals surface area (Å²) in [6, 6.07) is 5.45. The average Bonchev–Trinajstić information content (AvgIpc) is 3.30. The fourth-order valence-electron chi connectivity index (χ4n) is 10.2. The second kappa shape index (κ2) is 24.2. The monoisotopic (exact) mass is 1000 g/mol. The molecule has 1 aromatic carbocycles. The van der Waals surface area contributed by atoms with E-state index < -0.39 is 124 Å². The largest absolute Gasteiger partial charge is 0.492 e. The van der Waals surface area contributed by atoms with Crippen LogP contribution < -0.4 is 10.1 Å². The molecule has 69 heavy (non-hydrogen) atoms. The SMILES string of the molecule is CC[C@H]1OC(=O)[C@H](C)[C@@H](O[C@H]2C[C@@](C)(OC)[C@@H](O)[C@H](C)O2)[C@H](C)[C@@H](O[C@H]2O[C@H](C)C[C@H](N(C)CCC(=O)NCCOc3ccc(S(C)(=O)=O)cc3)[C@H]2O)[C@](C)(OC)C[C@@H](C)C(=O)[C@H](C)[C@@H](O)[C@]1(C)O. The summed E-state index contributed by atoms with van der Waals surface area (Å²) in [5.41, 5.74) is -4.48. The van der Waals surface area contributed by atoms with Gasteiger partial charge in [-0.2, -0.15) is 0 Å². The lowest BCUT2D eigenvalue weighted by atomic mass is 9.74. The number of carbonyl (C=O) groups is 3. The number of ketones is 1. The minimum atomic E-state index is -3.35. The van der Waals surface area contributed by atoms with Gasteiger partial charge in [-0.05, 0) is 92.1 Å². The second-order valence-electron chi connectivity index (χ2n) is 20.3. The van der Waals surface area contributed by atoms with Gasteiger partial charge in [0, 0.05) is 63.7 Å². The fraction of sp³-hybridized carbons (Fsp3) is 0.816. The highest BCUT2D eigenvalue weighted by molar-refractivity contribution is 7.90. The minimum Gasteiger partial charge on any atom is -0.492 e. The van der Waals surface area contributed by atoms with Crippen LogP contribution in [0.2, 0.25) is 0 Å². The van der Waals surface area contributed by atoms with Crippen LogP contribution in [-0.4, -0.2) is 183 Å². The van der Waals surface area contributed by atoms with E-state index in [1.807, 2.05) is 11.8 Å². The lowest BCUT2D eigenvalue weighted by molar-refractivity contribution is -0.319. The molecule has 396 valence electrons. The Bertz CT molecular complexity index is 1960. The third kappa shape index (κ3) is 14.2. The summed E-state index contributed by atoms with van der Waals surface area (Å²) >= 11 is 0. The molecule has 0 saturated carbocycles. The van der Waals surface area contributed by atoms with Crippen molar-refractivity contribution in [3.8, 4) is 5.75 Å². The van der Waals surface area contributed by atoms with Crippen LogP contribution in [-0.2, 0) is 57.4 Å². The highest BCUT2D eigenvalue weighted by Gasteiger charge is 2.54. The van der Waals surface area contributed by atoms with Crippen molar-refractivity contribution in [2.75, 3.05) is 47.2 Å². The normalized spacial score (nSPS) is 39.9. The van der Waals surface area contributed by atoms with E-state index in [0.717, 1.165) is 6.26 Å². The predicted molar refractivity (Wildman–Crippen MR) is 253 cm³/mol. The van der Waals surface area contributed by atoms with E-state index in [1.54, 1.807) is 67.6 Å². The Kier molecular flexibility index (Phi) is 20.6. The minimum absolute atomic E-state index is 0.0293. The van der Waals surface area contributed by atoms with E-state index in [9.17, 15) is 43.2 Å². The Labute approximate surface area is 409 Å². The Hall–Kier alpha value is -2.86. The summed E-state index contributed by atoms with van der Waals surface area (Å²) in [5, 5.41) is 49.3. The van der Waals surface area contributed by atoms with Gasteiger partial charge in [-0.15, -0.1) is 0 Å². The smallest absolute Gasteiger partial charge is 0.311 e. The quantitative estimate of drug-likeness (QED) is 0.118. The number of amides is 1. The zero-order chi connectivity index (χ0) is 52.0. The number of benzene rings is 1. The number of methoxy groups -OCH3 is 2. The van der Waals surface area contributed by atoms with Crippen LogP contribution in [0.4, 0.5) is 0 Å². The zero-order valence-corrected chi connectivity index (χ0v) is 43.9. The van der Waals surface area contributed by atoms with Crippen LogP contribution in [0.1, 0.15) is 101 Å². The number of sulfone groups is 1. The maximum absolute atomic E-state index is 14.4. The number of nitrogens with zero attached hydrogens (tertiary/aromatic N) is 1. The molecule has 0 spiro atoms. The molecule has 0 bridgehead atoms. The van der Waals surface area contributed by atoms with Crippen LogP contribution >= 0.6 is 0 Å². The molecule has 3 aliphatic heterocycles. The van der Waals surface area contributed by atoms with Crippen molar-refractivity contribution in [2.24, 2.45) is 23.7 Å². The highest BCUT2D eigenvalue weighted by atomic mass is 32.2. The summed E-state index contributed by atoms with van der Waals surface area (Å²) < 4.78 is 73.6. The van der Waals surface area contributed by atoms with Gasteiger partial charge in [0.05, 0.1) is 59.1 Å². The molecule has 3 saturated heterocycles. The van der Waals surface area contributed by atoms with Crippen LogP contribution in [0, 0.1) is 23.7 Å². The molecule has 0 unspecified atom stereocenters. The molecule has 3 heterocycles. The van der Waals surface area contributed by atoms with Gasteiger partial charge in [0.1, 0.15) is 42.1 Å². The first-order valence-electron chi connectivity index (χ1n) is 24.2. The van der Waals surface area contributed by atoms with E-state index in [1.165, 1.54) is 40.2 Å². The summed E-state index contributed by atoms with van der Waals surface area (Å²) in [5.74, 6) is -4.71. The van der Waals surface area contributed by atoms with Gasteiger partial charge in [-0.25, -0.2) is 8.42 Å². The van der Waals surface area contributed by atoms with Gasteiger partial charge in [0.25, 0.3) is 0 Å². The van der Waals surface area contributed by atoms with Crippen molar-refractivity contribution in [3.05, 3.63) is 24.3 Å². The first-order valence-corrected chi connectivity index (χ1v) is 26.1. The Balaban J connectivity index is 1.63. The number of hydrogen-bond donors (Lipinski definition) is 5. The maximum atomic E-state index is 14.4. The summed E-state index contributed by atoms with van der Waals surface area (Å²) in [7, 11) is 1.39. The van der Waals surface area contributed by atoms with Crippen molar-refractivity contribution in [3.63, 3.8) is 0 Å². The molecular weight excluding hydrogens is 921 g/mol. The number of ether oxygens (including phenoxy) is 8. The molecule has 1 amide bonds. The van der Waals surface area contributed by atoms with Crippen LogP contribution in [0.25, 0.3) is 0 Å². The molecule has 5 N–H and O–H groups in total. The van der Waals surface area contributed by atoms with Crippen molar-refractivity contribution in [1.82, 2.24) is 10.2 Å². The molecule has 3 fully saturated rings. The number of cyclic esters (lactones) is 1. The number of nitrogens with one attached hydrogen (secondary N) is 1. The summed E-state index contributed by atoms with van der Waals surface area (Å²) in [4.78, 5) is 43.6. The topological polar surface area (TPSA) is 255 Å². The van der Waals surface area contributed by atoms with Crippen LogP contribution in [0.15, 0.2) is 29.2 Å². The van der Waals surface area contributed by atoms with Gasteiger partial charge >= 0.3 is 5.97 Å². The van der Waals surface area contributed by atoms with Crippen LogP contribution in [0.5, 0.6) is 5.75 Å². The fourth-order valence-corrected chi connectivity index (χ4v) is 10.8. The zero-order valence-electron chi connectivity index (χ0n) is 43.1. The number of hydrogen-bond acceptors (Lipinski definition) is 18. The third-order valence-electron chi connectivity index (χ3n) is 14.8. The number of rotatable bonds is 16. The molecule has 18 atom stereocenters. The van der Waals surface area contributed by atoms with E-state index in [-0.39, 0.29) is 62.0 Å². The van der Waals surface area contributed by atoms with Gasteiger partial charge in [-0.3, -0.25) is 14.4 Å². The maximum Gasteiger partial charge on any atom is 0.311 e. The van der Waals surface area contributed by atoms with E-state index in [0.29, 0.717) is 12.2 Å². The second-order valence-corrected chi connectivity index (χ2v) is 22.4. The lowest BCUT2D eigenvalue weighted by Crippen LogP contribution is -2.61. The molecular formula is C49H82N2O17S. The number of aliphatic hydroxyl groups is 4. The van der Waals surface area contributed by atoms with Gasteiger partial charge in [-0.1, -0.05) is 27.7 Å². The number of esters is 1. The predicted octanol–water partition coefficient (Wildman–Crippen LogP) is 2.80. The van der Waals surface area contributed by atoms with E-state index >= 15 is 0 Å². The number of likely N-dealkylation sites (N-methyl/N-ethyl adjacent to an activating group) is 1. The number of Topliss-reactive ketones (excluding diaryl/α,β-unsaturated/α-hetero) is 1. The first-order chi connectivity index (χ1) is 32.0. The third-order valence-corrected chi connectivity index (χ3v) is 15.9. The number of carbonyl (C=O) groups excluding carboxylic acids is 3. The van der Waals surface area contributed by atoms with Gasteiger partial charge < -0.3 is 68.5 Å². The Morgan fingerprint density at radius 1 is 0.899 bits per heavy atom. The standard InChI is InChI=1S/C49H82N2O17S/c1-15-36-49(10,58)42(55)29(4)39(53)27(2)25-48(9,62-13)44(30(5)41(31(6)45(57)66-36)67-38-26-47(8,61-12)43(56)32(7)65-38)68-46-40(54)35(24-28(3)64-46)51(11)22-20-37(52)50-21-23-63-33-16-18-34(19-17-33)69(14,59)60/h16-19,27-32,35-36,38,40-44,46,54-56,58H,15,20-26H2,1-14H3,(H,50,52)/t27-,28-,29+,30+,31-,32+,35+,36-,38+,40-,41+,42-,43+,44-,46-,47-,48-,49-/m1/s1. The van der Waals surface area contributed by atoms with Crippen LogP contribution in [0.3, 0.4) is 0 Å². The first kappa shape index (κ1) is 58.7. The molecule has 0 aromatic heterocycles.